The molecule has 0 fully saturated rings. The van der Waals surface area contributed by atoms with Crippen molar-refractivity contribution in [3.05, 3.63) is 22.4 Å². The number of carboxylic acids is 1. The van der Waals surface area contributed by atoms with E-state index in [2.05, 4.69) is 5.32 Å². The highest BCUT2D eigenvalue weighted by Gasteiger charge is 2.36. The van der Waals surface area contributed by atoms with E-state index in [0.717, 1.165) is 9.40 Å². The number of carbonyl (C=O) groups excluding carboxylic acids is 1. The minimum Gasteiger partial charge on any atom is -0.480 e. The van der Waals surface area contributed by atoms with E-state index in [1.54, 1.807) is 25.2 Å². The van der Waals surface area contributed by atoms with Crippen molar-refractivity contribution in [1.29, 1.82) is 0 Å². The van der Waals surface area contributed by atoms with Gasteiger partial charge in [0.2, 0.25) is 0 Å². The molecule has 0 atom stereocenters. The van der Waals surface area contributed by atoms with Crippen molar-refractivity contribution in [2.45, 2.75) is 32.2 Å². The molecule has 2 rings (SSSR count). The number of hydrogen-bond acceptors (Lipinski definition) is 4. The smallest absolute Gasteiger partial charge is 0.329 e. The van der Waals surface area contributed by atoms with Crippen molar-refractivity contribution in [3.8, 4) is 0 Å². The fraction of sp³-hybridized carbons (Fsp3) is 0.385. The Bertz CT molecular complexity index is 582. The first-order valence-electron chi connectivity index (χ1n) is 6.05. The van der Waals surface area contributed by atoms with Crippen LogP contribution in [0, 0.1) is 0 Å². The summed E-state index contributed by atoms with van der Waals surface area (Å²) in [5.41, 5.74) is -1.17. The third kappa shape index (κ3) is 2.50. The van der Waals surface area contributed by atoms with Gasteiger partial charge >= 0.3 is 5.97 Å². The van der Waals surface area contributed by atoms with Crippen LogP contribution in [0.5, 0.6) is 0 Å². The monoisotopic (exact) mass is 297 g/mol. The fourth-order valence-electron chi connectivity index (χ4n) is 1.94. The number of nitrogens with one attached hydrogen (secondary N) is 1. The molecule has 0 radical (unpaired) electrons. The number of amides is 1. The Morgan fingerprint density at radius 1 is 1.32 bits per heavy atom. The highest BCUT2D eigenvalue weighted by Crippen LogP contribution is 2.30. The quantitative estimate of drug-likeness (QED) is 0.889. The summed E-state index contributed by atoms with van der Waals surface area (Å²) in [5, 5.41) is 14.0. The van der Waals surface area contributed by atoms with Gasteiger partial charge in [-0.05, 0) is 30.4 Å². The van der Waals surface area contributed by atoms with Crippen molar-refractivity contribution in [1.82, 2.24) is 5.32 Å². The van der Waals surface area contributed by atoms with Gasteiger partial charge < -0.3 is 10.4 Å². The van der Waals surface area contributed by atoms with Crippen LogP contribution in [0.1, 0.15) is 36.4 Å². The first-order chi connectivity index (χ1) is 9.02. The number of carbonyl (C=O) groups is 2. The van der Waals surface area contributed by atoms with Crippen LogP contribution >= 0.6 is 22.7 Å². The predicted molar refractivity (Wildman–Crippen MR) is 78.1 cm³/mol. The number of hydrogen-bond donors (Lipinski definition) is 2. The molecule has 0 aliphatic carbocycles. The number of thiophene rings is 2. The lowest BCUT2D eigenvalue weighted by Gasteiger charge is -2.27. The molecular weight excluding hydrogens is 282 g/mol. The summed E-state index contributed by atoms with van der Waals surface area (Å²) in [6.45, 7) is 3.54. The maximum atomic E-state index is 12.2. The zero-order chi connectivity index (χ0) is 14.0. The van der Waals surface area contributed by atoms with Gasteiger partial charge in [-0.1, -0.05) is 13.8 Å². The Labute approximate surface area is 119 Å². The second-order valence-electron chi connectivity index (χ2n) is 4.31. The molecule has 102 valence electrons. The van der Waals surface area contributed by atoms with Gasteiger partial charge in [0.25, 0.3) is 5.91 Å². The Hall–Kier alpha value is -1.40. The van der Waals surface area contributed by atoms with Gasteiger partial charge in [-0.2, -0.15) is 0 Å². The summed E-state index contributed by atoms with van der Waals surface area (Å²) in [5.74, 6) is -1.29. The first-order valence-corrected chi connectivity index (χ1v) is 7.75. The summed E-state index contributed by atoms with van der Waals surface area (Å²) in [7, 11) is 0. The molecule has 2 N–H and O–H groups in total. The molecule has 1 amide bonds. The molecule has 0 aliphatic rings. The molecule has 2 aromatic heterocycles. The van der Waals surface area contributed by atoms with Crippen molar-refractivity contribution >= 4 is 43.9 Å². The molecule has 0 unspecified atom stereocenters. The second kappa shape index (κ2) is 5.30. The SMILES string of the molecule is CCC(CC)(NC(=O)c1cc2sccc2s1)C(=O)O. The van der Waals surface area contributed by atoms with Gasteiger partial charge in [-0.15, -0.1) is 22.7 Å². The van der Waals surface area contributed by atoms with Gasteiger partial charge in [0, 0.05) is 9.40 Å². The van der Waals surface area contributed by atoms with E-state index in [1.165, 1.54) is 11.3 Å². The Kier molecular flexibility index (Phi) is 3.91. The number of aliphatic carboxylic acids is 1. The predicted octanol–water partition coefficient (Wildman–Crippen LogP) is 3.34. The van der Waals surface area contributed by atoms with Crippen LogP contribution in [0.2, 0.25) is 0 Å². The van der Waals surface area contributed by atoms with Gasteiger partial charge in [-0.25, -0.2) is 4.79 Å². The Morgan fingerprint density at radius 3 is 2.53 bits per heavy atom. The molecule has 0 bridgehead atoms. The summed E-state index contributed by atoms with van der Waals surface area (Å²) < 4.78 is 2.12. The molecule has 2 heterocycles. The van der Waals surface area contributed by atoms with Crippen molar-refractivity contribution in [2.75, 3.05) is 0 Å². The summed E-state index contributed by atoms with van der Waals surface area (Å²) >= 11 is 2.97. The van der Waals surface area contributed by atoms with Gasteiger partial charge in [0.05, 0.1) is 4.88 Å². The maximum Gasteiger partial charge on any atom is 0.329 e. The maximum absolute atomic E-state index is 12.2. The Balaban J connectivity index is 2.24. The molecule has 0 aromatic carbocycles. The zero-order valence-corrected chi connectivity index (χ0v) is 12.4. The third-order valence-corrected chi connectivity index (χ3v) is 5.42. The standard InChI is InChI=1S/C13H15NO3S2/c1-3-13(4-2,12(16)17)14-11(15)10-7-9-8(19-10)5-6-18-9/h5-7H,3-4H2,1-2H3,(H,14,15)(H,16,17). The van der Waals surface area contributed by atoms with Crippen LogP contribution in [0.15, 0.2) is 17.5 Å². The zero-order valence-electron chi connectivity index (χ0n) is 10.7. The van der Waals surface area contributed by atoms with E-state index in [9.17, 15) is 14.7 Å². The van der Waals surface area contributed by atoms with Gasteiger partial charge in [-0.3, -0.25) is 4.79 Å². The summed E-state index contributed by atoms with van der Waals surface area (Å²) in [6.07, 6.45) is 0.731. The molecule has 0 spiro atoms. The fourth-order valence-corrected chi connectivity index (χ4v) is 3.94. The molecule has 4 nitrogen and oxygen atoms in total. The number of carboxylic acid groups (broad SMARTS) is 1. The van der Waals surface area contributed by atoms with Crippen molar-refractivity contribution < 1.29 is 14.7 Å². The normalized spacial score (nSPS) is 11.7. The lowest BCUT2D eigenvalue weighted by molar-refractivity contribution is -0.144. The molecular formula is C13H15NO3S2. The highest BCUT2D eigenvalue weighted by atomic mass is 32.1. The lowest BCUT2D eigenvalue weighted by atomic mass is 9.93. The average molecular weight is 297 g/mol. The molecule has 0 aliphatic heterocycles. The topological polar surface area (TPSA) is 66.4 Å². The largest absolute Gasteiger partial charge is 0.480 e. The van der Waals surface area contributed by atoms with Crippen LogP contribution in [0.25, 0.3) is 9.40 Å². The van der Waals surface area contributed by atoms with Gasteiger partial charge in [0.1, 0.15) is 5.54 Å². The minimum atomic E-state index is -1.17. The summed E-state index contributed by atoms with van der Waals surface area (Å²) in [4.78, 5) is 24.1. The van der Waals surface area contributed by atoms with E-state index in [-0.39, 0.29) is 5.91 Å². The third-order valence-electron chi connectivity index (χ3n) is 3.33. The van der Waals surface area contributed by atoms with Crippen LogP contribution in [0.4, 0.5) is 0 Å². The molecule has 6 heteroatoms. The molecule has 2 aromatic rings. The molecule has 0 saturated heterocycles. The van der Waals surface area contributed by atoms with Gasteiger partial charge in [0.15, 0.2) is 0 Å². The van der Waals surface area contributed by atoms with Crippen LogP contribution in [0.3, 0.4) is 0 Å². The molecule has 19 heavy (non-hydrogen) atoms. The van der Waals surface area contributed by atoms with Crippen LogP contribution in [-0.4, -0.2) is 22.5 Å². The highest BCUT2D eigenvalue weighted by molar-refractivity contribution is 7.27. The van der Waals surface area contributed by atoms with Crippen LogP contribution in [-0.2, 0) is 4.79 Å². The lowest BCUT2D eigenvalue weighted by Crippen LogP contribution is -2.53. The average Bonchev–Trinajstić information content (AvgIpc) is 2.95. The van der Waals surface area contributed by atoms with E-state index in [4.69, 9.17) is 0 Å². The van der Waals surface area contributed by atoms with Crippen LogP contribution < -0.4 is 5.32 Å². The van der Waals surface area contributed by atoms with Crippen molar-refractivity contribution in [2.24, 2.45) is 0 Å². The molecule has 0 saturated carbocycles. The van der Waals surface area contributed by atoms with E-state index < -0.39 is 11.5 Å². The Morgan fingerprint density at radius 2 is 2.00 bits per heavy atom. The van der Waals surface area contributed by atoms with E-state index in [1.807, 2.05) is 17.5 Å². The number of rotatable bonds is 5. The van der Waals surface area contributed by atoms with Crippen molar-refractivity contribution in [3.63, 3.8) is 0 Å². The second-order valence-corrected chi connectivity index (χ2v) is 6.34. The number of fused-ring (bicyclic) bond motifs is 1. The van der Waals surface area contributed by atoms with E-state index >= 15 is 0 Å². The first kappa shape index (κ1) is 14.0. The minimum absolute atomic E-state index is 0.306. The van der Waals surface area contributed by atoms with E-state index in [0.29, 0.717) is 17.7 Å². The summed E-state index contributed by atoms with van der Waals surface area (Å²) in [6, 6.07) is 3.78.